The number of anilines is 1. The van der Waals surface area contributed by atoms with Gasteiger partial charge in [-0.3, -0.25) is 0 Å². The van der Waals surface area contributed by atoms with Crippen LogP contribution in [0.15, 0.2) is 30.4 Å². The Hall–Kier alpha value is -1.48. The molecule has 1 heterocycles. The summed E-state index contributed by atoms with van der Waals surface area (Å²) in [6.07, 6.45) is 5.52. The van der Waals surface area contributed by atoms with Gasteiger partial charge in [0.2, 0.25) is 0 Å². The molecule has 0 aromatic heterocycles. The van der Waals surface area contributed by atoms with Gasteiger partial charge in [-0.25, -0.2) is 0 Å². The first-order valence-electron chi connectivity index (χ1n) is 6.06. The van der Waals surface area contributed by atoms with E-state index in [9.17, 15) is 0 Å². The smallest absolute Gasteiger partial charge is 0.125 e. The van der Waals surface area contributed by atoms with Gasteiger partial charge in [0.25, 0.3) is 0 Å². The van der Waals surface area contributed by atoms with E-state index in [1.807, 2.05) is 19.1 Å². The summed E-state index contributed by atoms with van der Waals surface area (Å²) in [5.41, 5.74) is 8.37. The molecule has 0 aliphatic carbocycles. The third-order valence-electron chi connectivity index (χ3n) is 3.12. The fourth-order valence-corrected chi connectivity index (χ4v) is 2.30. The van der Waals surface area contributed by atoms with Gasteiger partial charge in [-0.1, -0.05) is 18.2 Å². The maximum atomic E-state index is 6.07. The Bertz CT molecular complexity index is 413. The van der Waals surface area contributed by atoms with Gasteiger partial charge < -0.3 is 15.4 Å². The summed E-state index contributed by atoms with van der Waals surface area (Å²) in [6.45, 7) is 4.00. The number of nitrogens with zero attached hydrogens (tertiary/aromatic N) is 1. The highest BCUT2D eigenvalue weighted by molar-refractivity contribution is 5.61. The molecule has 0 spiro atoms. The van der Waals surface area contributed by atoms with E-state index >= 15 is 0 Å². The van der Waals surface area contributed by atoms with Crippen molar-refractivity contribution in [3.63, 3.8) is 0 Å². The molecule has 1 aliphatic rings. The predicted octanol–water partition coefficient (Wildman–Crippen LogP) is 2.48. The Morgan fingerprint density at radius 3 is 2.76 bits per heavy atom. The van der Waals surface area contributed by atoms with Crippen LogP contribution in [0.5, 0.6) is 5.75 Å². The van der Waals surface area contributed by atoms with Crippen molar-refractivity contribution in [1.82, 2.24) is 0 Å². The van der Waals surface area contributed by atoms with Crippen molar-refractivity contribution in [2.75, 3.05) is 25.1 Å². The van der Waals surface area contributed by atoms with Crippen molar-refractivity contribution in [3.8, 4) is 5.75 Å². The van der Waals surface area contributed by atoms with E-state index in [2.05, 4.69) is 23.1 Å². The second-order valence-electron chi connectivity index (χ2n) is 4.39. The number of methoxy groups -OCH3 is 1. The van der Waals surface area contributed by atoms with Crippen LogP contribution < -0.4 is 15.4 Å². The van der Waals surface area contributed by atoms with E-state index < -0.39 is 0 Å². The van der Waals surface area contributed by atoms with E-state index in [1.54, 1.807) is 7.11 Å². The molecule has 3 nitrogen and oxygen atoms in total. The molecule has 92 valence electrons. The minimum Gasteiger partial charge on any atom is -0.496 e. The van der Waals surface area contributed by atoms with E-state index in [4.69, 9.17) is 10.5 Å². The summed E-state index contributed by atoms with van der Waals surface area (Å²) in [6, 6.07) is 6.10. The lowest BCUT2D eigenvalue weighted by Crippen LogP contribution is -2.28. The molecule has 1 unspecified atom stereocenters. The topological polar surface area (TPSA) is 38.5 Å². The van der Waals surface area contributed by atoms with Gasteiger partial charge in [-0.2, -0.15) is 0 Å². The van der Waals surface area contributed by atoms with Gasteiger partial charge in [0.1, 0.15) is 5.75 Å². The molecular formula is C14H20N2O. The Kier molecular flexibility index (Phi) is 3.69. The first kappa shape index (κ1) is 12.0. The molecule has 0 bridgehead atoms. The van der Waals surface area contributed by atoms with Gasteiger partial charge in [0.15, 0.2) is 0 Å². The van der Waals surface area contributed by atoms with Crippen LogP contribution in [-0.2, 0) is 0 Å². The van der Waals surface area contributed by atoms with Crippen molar-refractivity contribution in [2.45, 2.75) is 19.4 Å². The van der Waals surface area contributed by atoms with Crippen molar-refractivity contribution in [1.29, 1.82) is 0 Å². The number of hydrogen-bond donors (Lipinski definition) is 1. The standard InChI is InChI=1S/C14H20N2O/c1-11(15)14-12(7-6-8-13(14)17-2)16-9-4-3-5-10-16/h3-4,6-8,11H,5,9-10,15H2,1-2H3. The number of nitrogens with two attached hydrogens (primary N) is 1. The summed E-state index contributed by atoms with van der Waals surface area (Å²) >= 11 is 0. The molecule has 0 amide bonds. The number of benzene rings is 1. The second-order valence-corrected chi connectivity index (χ2v) is 4.39. The average Bonchev–Trinajstić information content (AvgIpc) is 2.38. The summed E-state index contributed by atoms with van der Waals surface area (Å²) in [5.74, 6) is 0.882. The van der Waals surface area contributed by atoms with Crippen LogP contribution in [-0.4, -0.2) is 20.2 Å². The van der Waals surface area contributed by atoms with Crippen LogP contribution in [0.1, 0.15) is 24.9 Å². The highest BCUT2D eigenvalue weighted by atomic mass is 16.5. The fourth-order valence-electron chi connectivity index (χ4n) is 2.30. The molecule has 3 heteroatoms. The molecule has 0 fully saturated rings. The normalized spacial score (nSPS) is 17.0. The molecule has 17 heavy (non-hydrogen) atoms. The minimum atomic E-state index is -0.0212. The zero-order valence-electron chi connectivity index (χ0n) is 10.5. The van der Waals surface area contributed by atoms with Crippen LogP contribution >= 0.6 is 0 Å². The quantitative estimate of drug-likeness (QED) is 0.814. The third kappa shape index (κ3) is 2.44. The van der Waals surface area contributed by atoms with Crippen LogP contribution in [0.2, 0.25) is 0 Å². The van der Waals surface area contributed by atoms with Gasteiger partial charge in [0.05, 0.1) is 7.11 Å². The summed E-state index contributed by atoms with van der Waals surface area (Å²) in [5, 5.41) is 0. The highest BCUT2D eigenvalue weighted by Gasteiger charge is 2.17. The number of rotatable bonds is 3. The average molecular weight is 232 g/mol. The zero-order chi connectivity index (χ0) is 12.3. The second kappa shape index (κ2) is 5.23. The summed E-state index contributed by atoms with van der Waals surface area (Å²) in [4.78, 5) is 2.35. The highest BCUT2D eigenvalue weighted by Crippen LogP contribution is 2.34. The maximum Gasteiger partial charge on any atom is 0.125 e. The molecule has 0 saturated heterocycles. The van der Waals surface area contributed by atoms with Crippen molar-refractivity contribution >= 4 is 5.69 Å². The van der Waals surface area contributed by atoms with Gasteiger partial charge in [0, 0.05) is 30.4 Å². The molecule has 2 N–H and O–H groups in total. The fraction of sp³-hybridized carbons (Fsp3) is 0.429. The van der Waals surface area contributed by atoms with Gasteiger partial charge in [-0.15, -0.1) is 0 Å². The predicted molar refractivity (Wildman–Crippen MR) is 71.6 cm³/mol. The van der Waals surface area contributed by atoms with E-state index in [1.165, 1.54) is 5.69 Å². The lowest BCUT2D eigenvalue weighted by Gasteiger charge is -2.29. The van der Waals surface area contributed by atoms with Crippen molar-refractivity contribution in [2.24, 2.45) is 5.73 Å². The Balaban J connectivity index is 2.41. The monoisotopic (exact) mass is 232 g/mol. The number of ether oxygens (including phenoxy) is 1. The van der Waals surface area contributed by atoms with Gasteiger partial charge in [-0.05, 0) is 25.5 Å². The van der Waals surface area contributed by atoms with Gasteiger partial charge >= 0.3 is 0 Å². The Morgan fingerprint density at radius 2 is 2.18 bits per heavy atom. The molecule has 2 rings (SSSR count). The molecule has 1 aromatic rings. The molecule has 1 aliphatic heterocycles. The molecule has 0 saturated carbocycles. The maximum absolute atomic E-state index is 6.07. The van der Waals surface area contributed by atoms with Crippen molar-refractivity contribution in [3.05, 3.63) is 35.9 Å². The molecular weight excluding hydrogens is 212 g/mol. The Labute approximate surface area is 103 Å². The third-order valence-corrected chi connectivity index (χ3v) is 3.12. The Morgan fingerprint density at radius 1 is 1.35 bits per heavy atom. The number of hydrogen-bond acceptors (Lipinski definition) is 3. The van der Waals surface area contributed by atoms with Crippen molar-refractivity contribution < 1.29 is 4.74 Å². The first-order chi connectivity index (χ1) is 8.24. The molecule has 0 radical (unpaired) electrons. The van der Waals surface area contributed by atoms with E-state index in [-0.39, 0.29) is 6.04 Å². The SMILES string of the molecule is COc1cccc(N2CC=CCC2)c1C(C)N. The lowest BCUT2D eigenvalue weighted by atomic mass is 10.0. The zero-order valence-corrected chi connectivity index (χ0v) is 10.5. The summed E-state index contributed by atoms with van der Waals surface area (Å²) < 4.78 is 5.41. The summed E-state index contributed by atoms with van der Waals surface area (Å²) in [7, 11) is 1.70. The van der Waals surface area contributed by atoms with E-state index in [0.29, 0.717) is 0 Å². The molecule has 1 aromatic carbocycles. The first-order valence-corrected chi connectivity index (χ1v) is 6.06. The van der Waals surface area contributed by atoms with Crippen LogP contribution in [0.4, 0.5) is 5.69 Å². The van der Waals surface area contributed by atoms with Crippen LogP contribution in [0.3, 0.4) is 0 Å². The molecule has 1 atom stereocenters. The largest absolute Gasteiger partial charge is 0.496 e. The van der Waals surface area contributed by atoms with E-state index in [0.717, 1.165) is 30.8 Å². The lowest BCUT2D eigenvalue weighted by molar-refractivity contribution is 0.407. The minimum absolute atomic E-state index is 0.0212. The van der Waals surface area contributed by atoms with Crippen LogP contribution in [0, 0.1) is 0 Å². The van der Waals surface area contributed by atoms with Crippen LogP contribution in [0.25, 0.3) is 0 Å².